The number of hydrogen-bond acceptors (Lipinski definition) is 5. The van der Waals surface area contributed by atoms with Crippen LogP contribution in [-0.2, 0) is 17.6 Å². The molecule has 0 spiro atoms. The van der Waals surface area contributed by atoms with Crippen LogP contribution in [0.25, 0.3) is 0 Å². The number of hydrogen-bond donors (Lipinski definition) is 1. The molecule has 1 aromatic heterocycles. The zero-order chi connectivity index (χ0) is 22.7. The van der Waals surface area contributed by atoms with Crippen LogP contribution in [0.15, 0.2) is 58.5 Å². The van der Waals surface area contributed by atoms with Gasteiger partial charge in [0.15, 0.2) is 5.16 Å². The third-order valence-electron chi connectivity index (χ3n) is 5.67. The van der Waals surface area contributed by atoms with Crippen molar-refractivity contribution in [3.05, 3.63) is 81.1 Å². The molecule has 32 heavy (non-hydrogen) atoms. The number of carbonyl (C=O) groups excluding carboxylic acids is 1. The van der Waals surface area contributed by atoms with Gasteiger partial charge in [0.05, 0.1) is 12.2 Å². The molecule has 2 aromatic carbocycles. The summed E-state index contributed by atoms with van der Waals surface area (Å²) in [5.74, 6) is 1.57. The Morgan fingerprint density at radius 3 is 2.62 bits per heavy atom. The minimum atomic E-state index is -0.333. The van der Waals surface area contributed by atoms with E-state index in [0.717, 1.165) is 17.7 Å². The fourth-order valence-electron chi connectivity index (χ4n) is 3.88. The topological polar surface area (TPSA) is 73.2 Å². The van der Waals surface area contributed by atoms with E-state index in [0.29, 0.717) is 28.9 Å². The number of nitrogens with one attached hydrogen (secondary N) is 1. The van der Waals surface area contributed by atoms with Gasteiger partial charge in [-0.1, -0.05) is 55.1 Å². The highest BCUT2D eigenvalue weighted by molar-refractivity contribution is 7.98. The number of nitrogens with zero attached hydrogens (tertiary/aromatic N) is 2. The Hall–Kier alpha value is -3.06. The SMILES string of the molecule is CCCOc1ccc([C@H]2CC(=O)Nc3c2c(=O)nc(SCc2ccccc2C)n3C)cc1. The van der Waals surface area contributed by atoms with Crippen molar-refractivity contribution < 1.29 is 9.53 Å². The van der Waals surface area contributed by atoms with Crippen LogP contribution in [0.3, 0.4) is 0 Å². The van der Waals surface area contributed by atoms with Crippen LogP contribution < -0.4 is 15.6 Å². The Morgan fingerprint density at radius 2 is 1.91 bits per heavy atom. The number of benzene rings is 2. The van der Waals surface area contributed by atoms with Gasteiger partial charge in [-0.25, -0.2) is 0 Å². The molecule has 2 heterocycles. The second-order valence-electron chi connectivity index (χ2n) is 7.96. The lowest BCUT2D eigenvalue weighted by Gasteiger charge is -2.27. The van der Waals surface area contributed by atoms with E-state index < -0.39 is 0 Å². The third kappa shape index (κ3) is 4.58. The predicted molar refractivity (Wildman–Crippen MR) is 128 cm³/mol. The van der Waals surface area contributed by atoms with E-state index in [1.54, 1.807) is 0 Å². The van der Waals surface area contributed by atoms with Gasteiger partial charge in [0.1, 0.15) is 11.6 Å². The van der Waals surface area contributed by atoms with Crippen molar-refractivity contribution in [3.8, 4) is 5.75 Å². The molecule has 1 N–H and O–H groups in total. The van der Waals surface area contributed by atoms with E-state index in [1.165, 1.54) is 22.9 Å². The van der Waals surface area contributed by atoms with Crippen molar-refractivity contribution in [2.24, 2.45) is 7.05 Å². The highest BCUT2D eigenvalue weighted by Gasteiger charge is 2.32. The molecule has 1 aliphatic heterocycles. The van der Waals surface area contributed by atoms with Gasteiger partial charge in [0.25, 0.3) is 5.56 Å². The van der Waals surface area contributed by atoms with E-state index in [-0.39, 0.29) is 23.8 Å². The van der Waals surface area contributed by atoms with Crippen LogP contribution >= 0.6 is 11.8 Å². The van der Waals surface area contributed by atoms with Crippen molar-refractivity contribution in [1.29, 1.82) is 0 Å². The minimum absolute atomic E-state index is 0.107. The van der Waals surface area contributed by atoms with E-state index >= 15 is 0 Å². The summed E-state index contributed by atoms with van der Waals surface area (Å²) in [6, 6.07) is 15.8. The molecule has 3 aromatic rings. The lowest BCUT2D eigenvalue weighted by Crippen LogP contribution is -2.33. The lowest BCUT2D eigenvalue weighted by atomic mass is 9.87. The van der Waals surface area contributed by atoms with Crippen molar-refractivity contribution in [2.75, 3.05) is 11.9 Å². The summed E-state index contributed by atoms with van der Waals surface area (Å²) >= 11 is 1.49. The maximum atomic E-state index is 13.1. The van der Waals surface area contributed by atoms with E-state index in [2.05, 4.69) is 36.3 Å². The number of carbonyl (C=O) groups is 1. The van der Waals surface area contributed by atoms with Gasteiger partial charge >= 0.3 is 0 Å². The molecule has 1 aliphatic rings. The summed E-state index contributed by atoms with van der Waals surface area (Å²) in [6.45, 7) is 4.78. The fraction of sp³-hybridized carbons (Fsp3) is 0.320. The van der Waals surface area contributed by atoms with Crippen LogP contribution in [0.5, 0.6) is 5.75 Å². The zero-order valence-corrected chi connectivity index (χ0v) is 19.4. The molecular formula is C25H27N3O3S. The Morgan fingerprint density at radius 1 is 1.16 bits per heavy atom. The molecule has 0 saturated carbocycles. The number of fused-ring (bicyclic) bond motifs is 1. The molecule has 166 valence electrons. The van der Waals surface area contributed by atoms with Gasteiger partial charge in [0.2, 0.25) is 5.91 Å². The zero-order valence-electron chi connectivity index (χ0n) is 18.6. The molecule has 7 heteroatoms. The van der Waals surface area contributed by atoms with Gasteiger partial charge in [-0.05, 0) is 42.2 Å². The second-order valence-corrected chi connectivity index (χ2v) is 8.90. The van der Waals surface area contributed by atoms with Gasteiger partial charge in [-0.2, -0.15) is 4.98 Å². The van der Waals surface area contributed by atoms with Crippen LogP contribution in [0.2, 0.25) is 0 Å². The first-order chi connectivity index (χ1) is 15.5. The second kappa shape index (κ2) is 9.61. The van der Waals surface area contributed by atoms with Crippen molar-refractivity contribution in [1.82, 2.24) is 9.55 Å². The Labute approximate surface area is 192 Å². The molecular weight excluding hydrogens is 422 g/mol. The van der Waals surface area contributed by atoms with Gasteiger partial charge < -0.3 is 14.6 Å². The first kappa shape index (κ1) is 22.1. The molecule has 1 amide bonds. The van der Waals surface area contributed by atoms with Gasteiger partial charge in [-0.15, -0.1) is 0 Å². The Kier molecular flexibility index (Phi) is 6.65. The number of amides is 1. The average Bonchev–Trinajstić information content (AvgIpc) is 2.79. The minimum Gasteiger partial charge on any atom is -0.494 e. The van der Waals surface area contributed by atoms with Crippen LogP contribution in [0.4, 0.5) is 5.82 Å². The Balaban J connectivity index is 1.65. The van der Waals surface area contributed by atoms with Gasteiger partial charge in [0, 0.05) is 25.1 Å². The average molecular weight is 450 g/mol. The maximum Gasteiger partial charge on any atom is 0.279 e. The molecule has 0 fully saturated rings. The number of ether oxygens (including phenoxy) is 1. The van der Waals surface area contributed by atoms with Crippen molar-refractivity contribution in [2.45, 2.75) is 43.5 Å². The predicted octanol–water partition coefficient (Wildman–Crippen LogP) is 4.64. The van der Waals surface area contributed by atoms with Crippen LogP contribution in [-0.4, -0.2) is 22.1 Å². The highest BCUT2D eigenvalue weighted by Crippen LogP contribution is 2.36. The van der Waals surface area contributed by atoms with E-state index in [4.69, 9.17) is 4.74 Å². The molecule has 1 atom stereocenters. The van der Waals surface area contributed by atoms with Crippen LogP contribution in [0.1, 0.15) is 47.9 Å². The fourth-order valence-corrected chi connectivity index (χ4v) is 4.92. The molecule has 0 radical (unpaired) electrons. The molecule has 0 aliphatic carbocycles. The van der Waals surface area contributed by atoms with E-state index in [9.17, 15) is 9.59 Å². The first-order valence-electron chi connectivity index (χ1n) is 10.8. The summed E-state index contributed by atoms with van der Waals surface area (Å²) in [5.41, 5.74) is 3.54. The quantitative estimate of drug-likeness (QED) is 0.420. The summed E-state index contributed by atoms with van der Waals surface area (Å²) in [6.07, 6.45) is 1.15. The molecule has 4 rings (SSSR count). The maximum absolute atomic E-state index is 13.1. The summed E-state index contributed by atoms with van der Waals surface area (Å²) < 4.78 is 7.48. The molecule has 0 bridgehead atoms. The highest BCUT2D eigenvalue weighted by atomic mass is 32.2. The Bertz CT molecular complexity index is 1190. The van der Waals surface area contributed by atoms with Gasteiger partial charge in [-0.3, -0.25) is 9.59 Å². The molecule has 6 nitrogen and oxygen atoms in total. The first-order valence-corrected chi connectivity index (χ1v) is 11.8. The number of aromatic nitrogens is 2. The molecule has 0 unspecified atom stereocenters. The van der Waals surface area contributed by atoms with Crippen molar-refractivity contribution >= 4 is 23.5 Å². The normalized spacial score (nSPS) is 15.2. The number of anilines is 1. The van der Waals surface area contributed by atoms with Crippen LogP contribution in [0, 0.1) is 6.92 Å². The van der Waals surface area contributed by atoms with Crippen molar-refractivity contribution in [3.63, 3.8) is 0 Å². The number of aryl methyl sites for hydroxylation is 1. The third-order valence-corrected chi connectivity index (χ3v) is 6.75. The van der Waals surface area contributed by atoms with E-state index in [1.807, 2.05) is 48.0 Å². The summed E-state index contributed by atoms with van der Waals surface area (Å²) in [4.78, 5) is 30.0. The largest absolute Gasteiger partial charge is 0.494 e. The summed E-state index contributed by atoms with van der Waals surface area (Å²) in [7, 11) is 1.84. The molecule has 0 saturated heterocycles. The lowest BCUT2D eigenvalue weighted by molar-refractivity contribution is -0.116. The number of thioether (sulfide) groups is 1. The standard InChI is InChI=1S/C25H27N3O3S/c1-4-13-31-19-11-9-17(10-12-19)20-14-21(29)26-23-22(20)24(30)27-25(28(23)3)32-15-18-8-6-5-7-16(18)2/h5-12,20H,4,13-15H2,1-3H3,(H,26,29)/t20-/m1/s1. The monoisotopic (exact) mass is 449 g/mol. The number of rotatable bonds is 7. The smallest absolute Gasteiger partial charge is 0.279 e. The summed E-state index contributed by atoms with van der Waals surface area (Å²) in [5, 5.41) is 3.49.